The monoisotopic (exact) mass is 442 g/mol. The van der Waals surface area contributed by atoms with E-state index >= 15 is 0 Å². The van der Waals surface area contributed by atoms with E-state index < -0.39 is 5.97 Å². The number of carboxylic acid groups (broad SMARTS) is 1. The SMILES string of the molecule is CC1CN(N=Cc2ccc(C3=NOC(CN4CCC(CC(=O)O)CC4)C3)cc2)CC(C)O1. The number of piperidine rings is 1. The molecule has 1 aromatic carbocycles. The van der Waals surface area contributed by atoms with Crippen molar-refractivity contribution in [1.29, 1.82) is 0 Å². The molecule has 174 valence electrons. The van der Waals surface area contributed by atoms with Crippen molar-refractivity contribution in [2.75, 3.05) is 32.7 Å². The molecular formula is C24H34N4O4. The highest BCUT2D eigenvalue weighted by atomic mass is 16.6. The van der Waals surface area contributed by atoms with Gasteiger partial charge in [0.15, 0.2) is 0 Å². The molecule has 1 aromatic rings. The first-order valence-corrected chi connectivity index (χ1v) is 11.7. The van der Waals surface area contributed by atoms with Crippen molar-refractivity contribution in [3.05, 3.63) is 35.4 Å². The van der Waals surface area contributed by atoms with E-state index in [0.29, 0.717) is 5.92 Å². The van der Waals surface area contributed by atoms with Gasteiger partial charge >= 0.3 is 5.97 Å². The summed E-state index contributed by atoms with van der Waals surface area (Å²) in [6, 6.07) is 8.28. The summed E-state index contributed by atoms with van der Waals surface area (Å²) >= 11 is 0. The van der Waals surface area contributed by atoms with E-state index in [9.17, 15) is 4.79 Å². The third-order valence-corrected chi connectivity index (χ3v) is 6.38. The summed E-state index contributed by atoms with van der Waals surface area (Å²) in [6.45, 7) is 8.48. The minimum absolute atomic E-state index is 0.0626. The zero-order valence-electron chi connectivity index (χ0n) is 19.0. The number of nitrogens with zero attached hydrogens (tertiary/aromatic N) is 4. The van der Waals surface area contributed by atoms with Crippen molar-refractivity contribution in [3.63, 3.8) is 0 Å². The molecule has 0 radical (unpaired) electrons. The number of carboxylic acids is 1. The van der Waals surface area contributed by atoms with Crippen LogP contribution in [0.4, 0.5) is 0 Å². The second-order valence-electron chi connectivity index (χ2n) is 9.31. The fourth-order valence-electron chi connectivity index (χ4n) is 4.76. The molecule has 0 saturated carbocycles. The van der Waals surface area contributed by atoms with E-state index in [1.54, 1.807) is 0 Å². The van der Waals surface area contributed by atoms with E-state index in [4.69, 9.17) is 14.7 Å². The van der Waals surface area contributed by atoms with Crippen LogP contribution in [0.1, 0.15) is 50.7 Å². The Bertz CT molecular complexity index is 823. The van der Waals surface area contributed by atoms with Gasteiger partial charge in [0.25, 0.3) is 0 Å². The maximum absolute atomic E-state index is 10.9. The maximum atomic E-state index is 10.9. The quantitative estimate of drug-likeness (QED) is 0.654. The van der Waals surface area contributed by atoms with Gasteiger partial charge in [-0.2, -0.15) is 5.10 Å². The molecule has 0 aliphatic carbocycles. The smallest absolute Gasteiger partial charge is 0.303 e. The molecule has 8 nitrogen and oxygen atoms in total. The first kappa shape index (κ1) is 22.7. The molecule has 0 spiro atoms. The molecular weight excluding hydrogens is 408 g/mol. The number of likely N-dealkylation sites (tertiary alicyclic amines) is 1. The van der Waals surface area contributed by atoms with Gasteiger partial charge in [-0.15, -0.1) is 0 Å². The molecule has 0 bridgehead atoms. The number of benzene rings is 1. The summed E-state index contributed by atoms with van der Waals surface area (Å²) in [6.07, 6.45) is 5.32. The molecule has 3 unspecified atom stereocenters. The minimum Gasteiger partial charge on any atom is -0.481 e. The number of morpholine rings is 1. The van der Waals surface area contributed by atoms with E-state index in [-0.39, 0.29) is 24.7 Å². The Labute approximate surface area is 189 Å². The molecule has 2 fully saturated rings. The van der Waals surface area contributed by atoms with Crippen molar-refractivity contribution in [1.82, 2.24) is 9.91 Å². The predicted molar refractivity (Wildman–Crippen MR) is 123 cm³/mol. The number of aliphatic carboxylic acids is 1. The molecule has 0 amide bonds. The molecule has 1 N–H and O–H groups in total. The van der Waals surface area contributed by atoms with Crippen LogP contribution in [0.15, 0.2) is 34.5 Å². The molecule has 3 atom stereocenters. The number of hydrazone groups is 1. The third-order valence-electron chi connectivity index (χ3n) is 6.38. The highest BCUT2D eigenvalue weighted by Crippen LogP contribution is 2.23. The van der Waals surface area contributed by atoms with Gasteiger partial charge in [0.05, 0.1) is 37.2 Å². The molecule has 2 saturated heterocycles. The number of oxime groups is 1. The highest BCUT2D eigenvalue weighted by Gasteiger charge is 2.27. The van der Waals surface area contributed by atoms with Crippen molar-refractivity contribution in [2.45, 2.75) is 57.8 Å². The molecule has 3 aliphatic heterocycles. The lowest BCUT2D eigenvalue weighted by molar-refractivity contribution is -0.138. The second kappa shape index (κ2) is 10.4. The molecule has 8 heteroatoms. The summed E-state index contributed by atoms with van der Waals surface area (Å²) in [4.78, 5) is 19.0. The van der Waals surface area contributed by atoms with Crippen molar-refractivity contribution < 1.29 is 19.5 Å². The maximum Gasteiger partial charge on any atom is 0.303 e. The van der Waals surface area contributed by atoms with Crippen LogP contribution in [0.25, 0.3) is 0 Å². The highest BCUT2D eigenvalue weighted by molar-refractivity contribution is 6.01. The van der Waals surface area contributed by atoms with Crippen LogP contribution in [-0.4, -0.2) is 83.9 Å². The molecule has 32 heavy (non-hydrogen) atoms. The van der Waals surface area contributed by atoms with Gasteiger partial charge in [0.2, 0.25) is 0 Å². The fourth-order valence-corrected chi connectivity index (χ4v) is 4.76. The summed E-state index contributed by atoms with van der Waals surface area (Å²) in [5.74, 6) is -0.389. The third kappa shape index (κ3) is 6.29. The minimum atomic E-state index is -0.691. The summed E-state index contributed by atoms with van der Waals surface area (Å²) < 4.78 is 5.75. The van der Waals surface area contributed by atoms with Gasteiger partial charge in [-0.1, -0.05) is 29.4 Å². The molecule has 3 heterocycles. The van der Waals surface area contributed by atoms with Crippen LogP contribution in [0.5, 0.6) is 0 Å². The van der Waals surface area contributed by atoms with Crippen molar-refractivity contribution in [3.8, 4) is 0 Å². The van der Waals surface area contributed by atoms with Gasteiger partial charge in [0.1, 0.15) is 6.10 Å². The Kier molecular flexibility index (Phi) is 7.42. The van der Waals surface area contributed by atoms with Crippen LogP contribution >= 0.6 is 0 Å². The average molecular weight is 443 g/mol. The summed E-state index contributed by atoms with van der Waals surface area (Å²) in [5.41, 5.74) is 3.12. The summed E-state index contributed by atoms with van der Waals surface area (Å²) in [7, 11) is 0. The van der Waals surface area contributed by atoms with Gasteiger partial charge in [-0.05, 0) is 56.8 Å². The Hall–Kier alpha value is -2.45. The van der Waals surface area contributed by atoms with Crippen molar-refractivity contribution >= 4 is 17.9 Å². The normalized spacial score (nSPS) is 27.5. The first-order valence-electron chi connectivity index (χ1n) is 11.7. The second-order valence-corrected chi connectivity index (χ2v) is 9.31. The Morgan fingerprint density at radius 3 is 2.53 bits per heavy atom. The number of hydrogen-bond donors (Lipinski definition) is 1. The zero-order valence-corrected chi connectivity index (χ0v) is 19.0. The lowest BCUT2D eigenvalue weighted by atomic mass is 9.93. The zero-order chi connectivity index (χ0) is 22.5. The van der Waals surface area contributed by atoms with Crippen LogP contribution in [0.2, 0.25) is 0 Å². The van der Waals surface area contributed by atoms with Crippen LogP contribution in [-0.2, 0) is 14.4 Å². The average Bonchev–Trinajstić information content (AvgIpc) is 3.21. The van der Waals surface area contributed by atoms with Crippen LogP contribution in [0, 0.1) is 5.92 Å². The van der Waals surface area contributed by atoms with Gasteiger partial charge in [0, 0.05) is 19.4 Å². The molecule has 3 aliphatic rings. The Morgan fingerprint density at radius 2 is 1.88 bits per heavy atom. The molecule has 4 rings (SSSR count). The lowest BCUT2D eigenvalue weighted by Gasteiger charge is -2.33. The predicted octanol–water partition coefficient (Wildman–Crippen LogP) is 2.81. The first-order chi connectivity index (χ1) is 15.4. The van der Waals surface area contributed by atoms with E-state index in [1.165, 1.54) is 0 Å². The summed E-state index contributed by atoms with van der Waals surface area (Å²) in [5, 5.41) is 20.0. The van der Waals surface area contributed by atoms with E-state index in [0.717, 1.165) is 68.8 Å². The van der Waals surface area contributed by atoms with E-state index in [1.807, 2.05) is 6.21 Å². The van der Waals surface area contributed by atoms with Gasteiger partial charge in [-0.25, -0.2) is 0 Å². The standard InChI is InChI=1S/C24H34N4O4/c1-17-14-28(15-18(2)31-17)25-13-20-3-5-21(6-4-20)23-12-22(32-26-23)16-27-9-7-19(8-10-27)11-24(29)30/h3-6,13,17-19,22H,7-12,14-16H2,1-2H3,(H,29,30). The fraction of sp³-hybridized carbons (Fsp3) is 0.625. The lowest BCUT2D eigenvalue weighted by Crippen LogP contribution is -2.42. The number of carbonyl (C=O) groups is 1. The topological polar surface area (TPSA) is 87.0 Å². The van der Waals surface area contributed by atoms with Gasteiger partial charge < -0.3 is 14.7 Å². The largest absolute Gasteiger partial charge is 0.481 e. The number of ether oxygens (including phenoxy) is 1. The van der Waals surface area contributed by atoms with Gasteiger partial charge in [-0.3, -0.25) is 14.7 Å². The van der Waals surface area contributed by atoms with Crippen LogP contribution in [0.3, 0.4) is 0 Å². The Morgan fingerprint density at radius 1 is 1.19 bits per heavy atom. The Balaban J connectivity index is 1.23. The molecule has 0 aromatic heterocycles. The number of hydrogen-bond acceptors (Lipinski definition) is 7. The number of rotatable bonds is 7. The van der Waals surface area contributed by atoms with Crippen molar-refractivity contribution in [2.24, 2.45) is 16.2 Å². The van der Waals surface area contributed by atoms with E-state index in [2.05, 4.69) is 58.3 Å². The van der Waals surface area contributed by atoms with Crippen LogP contribution < -0.4 is 0 Å².